The van der Waals surface area contributed by atoms with Gasteiger partial charge < -0.3 is 31.6 Å². The number of nitrogens with two attached hydrogens (primary N) is 3. The van der Waals surface area contributed by atoms with Crippen LogP contribution in [-0.2, 0) is 5.79 Å². The van der Waals surface area contributed by atoms with Gasteiger partial charge in [0.1, 0.15) is 46.4 Å². The minimum Gasteiger partial charge on any atom is -0.495 e. The number of hydrogen-bond acceptors (Lipinski definition) is 12. The summed E-state index contributed by atoms with van der Waals surface area (Å²) in [7, 11) is 1.56. The lowest BCUT2D eigenvalue weighted by molar-refractivity contribution is -0.0498. The molecule has 8 rings (SSSR count). The van der Waals surface area contributed by atoms with Gasteiger partial charge in [0.05, 0.1) is 34.2 Å². The molecule has 0 amide bonds. The third kappa shape index (κ3) is 8.31. The molecule has 0 spiro atoms. The molecule has 4 aromatic carbocycles. The van der Waals surface area contributed by atoms with E-state index in [0.29, 0.717) is 39.5 Å². The van der Waals surface area contributed by atoms with Gasteiger partial charge in [-0.2, -0.15) is 18.7 Å². The second kappa shape index (κ2) is 15.9. The van der Waals surface area contributed by atoms with Crippen LogP contribution in [0.5, 0.6) is 11.5 Å². The van der Waals surface area contributed by atoms with Crippen LogP contribution in [0.25, 0.3) is 33.7 Å². The van der Waals surface area contributed by atoms with Gasteiger partial charge in [-0.3, -0.25) is 14.9 Å². The molecule has 14 nitrogen and oxygen atoms in total. The van der Waals surface area contributed by atoms with E-state index in [9.17, 15) is 8.78 Å². The number of aryl methyl sites for hydroxylation is 6. The van der Waals surface area contributed by atoms with Crippen LogP contribution < -0.4 is 37.3 Å². The summed E-state index contributed by atoms with van der Waals surface area (Å²) < 4.78 is 38.1. The zero-order valence-electron chi connectivity index (χ0n) is 33.4. The van der Waals surface area contributed by atoms with Gasteiger partial charge in [0, 0.05) is 23.4 Å². The number of imidazole rings is 2. The number of nitrogens with one attached hydrogen (secondary N) is 2. The predicted octanol–water partition coefficient (Wildman–Crippen LogP) is 7.82. The van der Waals surface area contributed by atoms with E-state index in [1.54, 1.807) is 43.5 Å². The lowest BCUT2D eigenvalue weighted by Gasteiger charge is -2.33. The van der Waals surface area contributed by atoms with Crippen LogP contribution in [0.3, 0.4) is 0 Å². The molecule has 1 aliphatic rings. The number of fused-ring (bicyclic) bond motifs is 2. The van der Waals surface area contributed by atoms with Crippen molar-refractivity contribution in [1.82, 2.24) is 34.4 Å². The van der Waals surface area contributed by atoms with Gasteiger partial charge in [-0.1, -0.05) is 11.6 Å². The normalized spacial score (nSPS) is 15.1. The lowest BCUT2D eigenvalue weighted by Crippen LogP contribution is -2.52. The third-order valence-corrected chi connectivity index (χ3v) is 10.2. The molecule has 1 atom stereocenters. The van der Waals surface area contributed by atoms with E-state index in [0.717, 1.165) is 44.8 Å². The number of aromatic nitrogens is 6. The van der Waals surface area contributed by atoms with Crippen molar-refractivity contribution in [3.05, 3.63) is 123 Å². The molecule has 7 aromatic rings. The summed E-state index contributed by atoms with van der Waals surface area (Å²) in [6, 6.07) is 21.3. The number of halogens is 3. The van der Waals surface area contributed by atoms with Crippen molar-refractivity contribution < 1.29 is 18.3 Å². The maximum atomic E-state index is 12.3. The molecule has 1 aliphatic heterocycles. The second-order valence-electron chi connectivity index (χ2n) is 14.1. The van der Waals surface area contributed by atoms with Crippen molar-refractivity contribution in [2.45, 2.75) is 53.9 Å². The van der Waals surface area contributed by atoms with Gasteiger partial charge in [-0.25, -0.2) is 15.0 Å². The van der Waals surface area contributed by atoms with Crippen LogP contribution in [0.1, 0.15) is 39.5 Å². The van der Waals surface area contributed by atoms with Crippen LogP contribution >= 0.6 is 11.6 Å². The fourth-order valence-electron chi connectivity index (χ4n) is 6.77. The highest BCUT2D eigenvalue weighted by Gasteiger charge is 2.33. The molecule has 0 radical (unpaired) electrons. The van der Waals surface area contributed by atoms with E-state index < -0.39 is 12.4 Å². The number of nitrogen functional groups attached to an aromatic ring is 1. The van der Waals surface area contributed by atoms with Crippen LogP contribution in [0.4, 0.5) is 26.2 Å². The summed E-state index contributed by atoms with van der Waals surface area (Å²) in [5, 5.41) is 6.78. The number of benzene rings is 4. The number of anilines is 3. The number of aliphatic imine (C=N–C) groups is 1. The molecule has 59 heavy (non-hydrogen) atoms. The molecule has 0 bridgehead atoms. The fraction of sp³-hybridized carbons (Fsp3) is 0.214. The van der Waals surface area contributed by atoms with Gasteiger partial charge in [0.2, 0.25) is 11.7 Å². The first-order valence-corrected chi connectivity index (χ1v) is 18.8. The molecular formula is C42H43ClF2N12O2. The monoisotopic (exact) mass is 820 g/mol. The number of hydrogen-bond donors (Lipinski definition) is 5. The van der Waals surface area contributed by atoms with Gasteiger partial charge in [-0.05, 0) is 131 Å². The van der Waals surface area contributed by atoms with E-state index >= 15 is 0 Å². The number of rotatable bonds is 8. The van der Waals surface area contributed by atoms with Crippen LogP contribution in [0, 0.1) is 41.5 Å². The van der Waals surface area contributed by atoms with Gasteiger partial charge in [0.25, 0.3) is 0 Å². The van der Waals surface area contributed by atoms with Crippen LogP contribution in [-0.4, -0.2) is 48.6 Å². The lowest BCUT2D eigenvalue weighted by atomic mass is 10.1. The molecule has 3 aromatic heterocycles. The smallest absolute Gasteiger partial charge is 0.387 e. The summed E-state index contributed by atoms with van der Waals surface area (Å²) in [5.41, 5.74) is 28.4. The van der Waals surface area contributed by atoms with Gasteiger partial charge >= 0.3 is 6.61 Å². The van der Waals surface area contributed by atoms with E-state index in [2.05, 4.69) is 67.4 Å². The average molecular weight is 821 g/mol. The topological polar surface area (TPSA) is 194 Å². The average Bonchev–Trinajstić information content (AvgIpc) is 3.65. The molecule has 0 saturated heterocycles. The van der Waals surface area contributed by atoms with Crippen molar-refractivity contribution in [3.63, 3.8) is 0 Å². The maximum Gasteiger partial charge on any atom is 0.387 e. The zero-order valence-corrected chi connectivity index (χ0v) is 34.2. The molecule has 8 N–H and O–H groups in total. The number of alkyl halides is 2. The van der Waals surface area contributed by atoms with Crippen molar-refractivity contribution in [3.8, 4) is 17.3 Å². The molecular weight excluding hydrogens is 778 g/mol. The summed E-state index contributed by atoms with van der Waals surface area (Å²) in [6.07, 6.45) is 1.75. The Balaban J connectivity index is 0.000000179. The zero-order chi connectivity index (χ0) is 42.3. The molecule has 304 valence electrons. The number of amidine groups is 1. The summed E-state index contributed by atoms with van der Waals surface area (Å²) in [5.74, 6) is 3.05. The second-order valence-corrected chi connectivity index (χ2v) is 14.6. The Kier molecular flexibility index (Phi) is 10.9. The Hall–Kier alpha value is -6.78. The van der Waals surface area contributed by atoms with Gasteiger partial charge in [-0.15, -0.1) is 0 Å². The highest BCUT2D eigenvalue weighted by atomic mass is 35.5. The van der Waals surface area contributed by atoms with E-state index in [-0.39, 0.29) is 17.5 Å². The minimum atomic E-state index is -2.87. The third-order valence-electron chi connectivity index (χ3n) is 9.91. The highest BCUT2D eigenvalue weighted by molar-refractivity contribution is 6.32. The van der Waals surface area contributed by atoms with E-state index in [4.69, 9.17) is 38.5 Å². The molecule has 17 heteroatoms. The fourth-order valence-corrected chi connectivity index (χ4v) is 7.02. The first-order chi connectivity index (χ1) is 28.0. The van der Waals surface area contributed by atoms with Gasteiger partial charge in [0.15, 0.2) is 0 Å². The SMILES string of the molecule is COc1ccc(C2(N)N=C(N)C=C(n3c(C)nc4cc(C)c(C)cc43)N2)cc1Cl.Cc1cc2nc(C)n(-c3cc(N)nc(Nc4ccc(OC(F)F)cc4)n3)c2cc1C. The van der Waals surface area contributed by atoms with Crippen molar-refractivity contribution in [2.24, 2.45) is 16.5 Å². The van der Waals surface area contributed by atoms with Crippen LogP contribution in [0.2, 0.25) is 5.02 Å². The minimum absolute atomic E-state index is 0.0657. The largest absolute Gasteiger partial charge is 0.495 e. The number of methoxy groups -OCH3 is 1. The van der Waals surface area contributed by atoms with Crippen molar-refractivity contribution in [2.75, 3.05) is 18.2 Å². The Morgan fingerprint density at radius 1 is 0.763 bits per heavy atom. The molecule has 1 unspecified atom stereocenters. The molecule has 4 heterocycles. The summed E-state index contributed by atoms with van der Waals surface area (Å²) >= 11 is 6.30. The Morgan fingerprint density at radius 2 is 1.36 bits per heavy atom. The van der Waals surface area contributed by atoms with Crippen molar-refractivity contribution >= 4 is 62.8 Å². The van der Waals surface area contributed by atoms with Crippen LogP contribution in [0.15, 0.2) is 83.9 Å². The van der Waals surface area contributed by atoms with E-state index in [1.165, 1.54) is 23.3 Å². The van der Waals surface area contributed by atoms with E-state index in [1.807, 2.05) is 49.0 Å². The first kappa shape index (κ1) is 40.4. The summed E-state index contributed by atoms with van der Waals surface area (Å²) in [4.78, 5) is 22.6. The Bertz CT molecular complexity index is 2800. The maximum absolute atomic E-state index is 12.3. The van der Waals surface area contributed by atoms with Crippen molar-refractivity contribution in [1.29, 1.82) is 0 Å². The standard InChI is InChI=1S/C21H23ClN6O.C21H20F2N6O/c1-11-7-16-17(8-12(11)2)28(13(3)25-16)20-10-19(23)26-21(24,27-20)14-5-6-18(29-4)15(22)9-14;1-11-8-16-17(9-12(11)2)29(13(3)25-16)19-10-18(24)27-21(28-19)26-14-4-6-15(7-5-14)30-20(22)23/h5-10,27H,24H2,1-4H3,(H2,23,26);4-10,20H,1-3H3,(H3,24,26,27,28). The molecule has 0 aliphatic carbocycles. The number of ether oxygens (including phenoxy) is 2. The first-order valence-electron chi connectivity index (χ1n) is 18.4. The molecule has 0 fully saturated rings. The summed E-state index contributed by atoms with van der Waals surface area (Å²) in [6.45, 7) is 9.21. The molecule has 0 saturated carbocycles. The quantitative estimate of drug-likeness (QED) is 0.100. The highest BCUT2D eigenvalue weighted by Crippen LogP contribution is 2.33. The predicted molar refractivity (Wildman–Crippen MR) is 228 cm³/mol. The Labute approximate surface area is 343 Å². The number of nitrogens with zero attached hydrogens (tertiary/aromatic N) is 7. The Morgan fingerprint density at radius 3 is 1.95 bits per heavy atom.